The summed E-state index contributed by atoms with van der Waals surface area (Å²) in [5, 5.41) is 3.33. The first-order valence-electron chi connectivity index (χ1n) is 5.89. The van der Waals surface area contributed by atoms with Crippen LogP contribution in [0, 0.1) is 5.82 Å². The number of hydrogen-bond donors (Lipinski definition) is 1. The van der Waals surface area contributed by atoms with Gasteiger partial charge in [0.1, 0.15) is 5.82 Å². The fourth-order valence-corrected chi connectivity index (χ4v) is 1.97. The number of nitrogens with one attached hydrogen (secondary N) is 1. The summed E-state index contributed by atoms with van der Waals surface area (Å²) in [6, 6.07) is 4.78. The maximum absolute atomic E-state index is 13.0. The van der Waals surface area contributed by atoms with E-state index in [9.17, 15) is 4.39 Å². The molecule has 0 fully saturated rings. The van der Waals surface area contributed by atoms with Gasteiger partial charge in [0.15, 0.2) is 0 Å². The zero-order valence-corrected chi connectivity index (χ0v) is 12.1. The Morgan fingerprint density at radius 3 is 2.76 bits per heavy atom. The van der Waals surface area contributed by atoms with E-state index in [1.807, 2.05) is 0 Å². The SMILES string of the molecule is CN(C)CCCCNCc1cc(F)ccc1Br. The van der Waals surface area contributed by atoms with Crippen molar-refractivity contribution in [2.75, 3.05) is 27.2 Å². The van der Waals surface area contributed by atoms with Crippen LogP contribution in [0.5, 0.6) is 0 Å². The highest BCUT2D eigenvalue weighted by atomic mass is 79.9. The van der Waals surface area contributed by atoms with Crippen LogP contribution in [-0.4, -0.2) is 32.1 Å². The Bertz CT molecular complexity index is 342. The van der Waals surface area contributed by atoms with Gasteiger partial charge in [0.2, 0.25) is 0 Å². The normalized spacial score (nSPS) is 11.1. The lowest BCUT2D eigenvalue weighted by Gasteiger charge is -2.10. The lowest BCUT2D eigenvalue weighted by atomic mass is 10.2. The van der Waals surface area contributed by atoms with Crippen molar-refractivity contribution in [2.45, 2.75) is 19.4 Å². The lowest BCUT2D eigenvalue weighted by Crippen LogP contribution is -2.18. The van der Waals surface area contributed by atoms with Gasteiger partial charge >= 0.3 is 0 Å². The van der Waals surface area contributed by atoms with Crippen LogP contribution in [0.1, 0.15) is 18.4 Å². The van der Waals surface area contributed by atoms with Gasteiger partial charge in [-0.3, -0.25) is 0 Å². The van der Waals surface area contributed by atoms with E-state index in [0.717, 1.165) is 29.5 Å². The molecule has 1 aromatic rings. The van der Waals surface area contributed by atoms with E-state index < -0.39 is 0 Å². The van der Waals surface area contributed by atoms with Gasteiger partial charge in [0.25, 0.3) is 0 Å². The predicted octanol–water partition coefficient (Wildman–Crippen LogP) is 3.02. The fraction of sp³-hybridized carbons (Fsp3) is 0.538. The molecule has 1 N–H and O–H groups in total. The molecule has 0 aliphatic rings. The second kappa shape index (κ2) is 7.80. The van der Waals surface area contributed by atoms with Crippen molar-refractivity contribution in [3.63, 3.8) is 0 Å². The molecule has 0 bridgehead atoms. The topological polar surface area (TPSA) is 15.3 Å². The van der Waals surface area contributed by atoms with Crippen LogP contribution in [0.25, 0.3) is 0 Å². The van der Waals surface area contributed by atoms with Gasteiger partial charge in [-0.25, -0.2) is 4.39 Å². The number of nitrogens with zero attached hydrogens (tertiary/aromatic N) is 1. The molecule has 4 heteroatoms. The molecule has 0 aromatic heterocycles. The molecule has 0 saturated heterocycles. The van der Waals surface area contributed by atoms with Crippen molar-refractivity contribution in [1.29, 1.82) is 0 Å². The summed E-state index contributed by atoms with van der Waals surface area (Å²) in [6.07, 6.45) is 2.33. The molecule has 0 heterocycles. The molecule has 1 aromatic carbocycles. The van der Waals surface area contributed by atoms with Crippen molar-refractivity contribution in [3.05, 3.63) is 34.1 Å². The van der Waals surface area contributed by atoms with Crippen LogP contribution in [0.4, 0.5) is 4.39 Å². The summed E-state index contributed by atoms with van der Waals surface area (Å²) < 4.78 is 14.0. The zero-order valence-electron chi connectivity index (χ0n) is 10.5. The van der Waals surface area contributed by atoms with Crippen molar-refractivity contribution in [1.82, 2.24) is 10.2 Å². The van der Waals surface area contributed by atoms with Crippen LogP contribution in [-0.2, 0) is 6.54 Å². The van der Waals surface area contributed by atoms with E-state index in [4.69, 9.17) is 0 Å². The molecule has 0 aliphatic carbocycles. The molecule has 0 radical (unpaired) electrons. The predicted molar refractivity (Wildman–Crippen MR) is 73.6 cm³/mol. The lowest BCUT2D eigenvalue weighted by molar-refractivity contribution is 0.391. The maximum atomic E-state index is 13.0. The Hall–Kier alpha value is -0.450. The van der Waals surface area contributed by atoms with E-state index >= 15 is 0 Å². The first-order valence-corrected chi connectivity index (χ1v) is 6.68. The first kappa shape index (κ1) is 14.6. The van der Waals surface area contributed by atoms with E-state index in [0.29, 0.717) is 6.54 Å². The quantitative estimate of drug-likeness (QED) is 0.779. The van der Waals surface area contributed by atoms with E-state index in [2.05, 4.69) is 40.2 Å². The van der Waals surface area contributed by atoms with Crippen LogP contribution < -0.4 is 5.32 Å². The van der Waals surface area contributed by atoms with Gasteiger partial charge in [-0.05, 0) is 63.8 Å². The molecule has 1 rings (SSSR count). The molecule has 0 spiro atoms. The van der Waals surface area contributed by atoms with Crippen LogP contribution >= 0.6 is 15.9 Å². The third-order valence-electron chi connectivity index (χ3n) is 2.53. The number of hydrogen-bond acceptors (Lipinski definition) is 2. The van der Waals surface area contributed by atoms with Crippen molar-refractivity contribution in [3.8, 4) is 0 Å². The third kappa shape index (κ3) is 6.15. The number of benzene rings is 1. The molecule has 96 valence electrons. The van der Waals surface area contributed by atoms with Gasteiger partial charge in [-0.2, -0.15) is 0 Å². The maximum Gasteiger partial charge on any atom is 0.123 e. The minimum Gasteiger partial charge on any atom is -0.313 e. The molecule has 0 atom stereocenters. The molecule has 0 aliphatic heterocycles. The van der Waals surface area contributed by atoms with Crippen LogP contribution in [0.2, 0.25) is 0 Å². The highest BCUT2D eigenvalue weighted by Gasteiger charge is 2.01. The first-order chi connectivity index (χ1) is 8.09. The molecule has 0 amide bonds. The fourth-order valence-electron chi connectivity index (χ4n) is 1.58. The summed E-state index contributed by atoms with van der Waals surface area (Å²) >= 11 is 3.42. The average molecular weight is 303 g/mol. The highest BCUT2D eigenvalue weighted by Crippen LogP contribution is 2.17. The minimum absolute atomic E-state index is 0.183. The number of rotatable bonds is 7. The summed E-state index contributed by atoms with van der Waals surface area (Å²) in [4.78, 5) is 2.18. The van der Waals surface area contributed by atoms with E-state index in [1.54, 1.807) is 12.1 Å². The van der Waals surface area contributed by atoms with Gasteiger partial charge in [0.05, 0.1) is 0 Å². The Morgan fingerprint density at radius 2 is 2.06 bits per heavy atom. The smallest absolute Gasteiger partial charge is 0.123 e. The summed E-state index contributed by atoms with van der Waals surface area (Å²) in [5.74, 6) is -0.183. The second-order valence-corrected chi connectivity index (χ2v) is 5.28. The third-order valence-corrected chi connectivity index (χ3v) is 3.31. The zero-order chi connectivity index (χ0) is 12.7. The summed E-state index contributed by atoms with van der Waals surface area (Å²) in [5.41, 5.74) is 0.970. The summed E-state index contributed by atoms with van der Waals surface area (Å²) in [6.45, 7) is 2.79. The van der Waals surface area contributed by atoms with Crippen molar-refractivity contribution >= 4 is 15.9 Å². The largest absolute Gasteiger partial charge is 0.313 e. The molecule has 2 nitrogen and oxygen atoms in total. The van der Waals surface area contributed by atoms with Crippen LogP contribution in [0.15, 0.2) is 22.7 Å². The Balaban J connectivity index is 2.20. The van der Waals surface area contributed by atoms with Gasteiger partial charge < -0.3 is 10.2 Å². The van der Waals surface area contributed by atoms with Gasteiger partial charge in [-0.15, -0.1) is 0 Å². The van der Waals surface area contributed by atoms with Crippen molar-refractivity contribution < 1.29 is 4.39 Å². The molecule has 17 heavy (non-hydrogen) atoms. The number of unbranched alkanes of at least 4 members (excludes halogenated alkanes) is 1. The Kier molecular flexibility index (Phi) is 6.70. The van der Waals surface area contributed by atoms with Crippen molar-refractivity contribution in [2.24, 2.45) is 0 Å². The van der Waals surface area contributed by atoms with Gasteiger partial charge in [0, 0.05) is 11.0 Å². The van der Waals surface area contributed by atoms with E-state index in [1.165, 1.54) is 12.5 Å². The van der Waals surface area contributed by atoms with E-state index in [-0.39, 0.29) is 5.82 Å². The average Bonchev–Trinajstić information content (AvgIpc) is 2.27. The molecular formula is C13H20BrFN2. The molecule has 0 saturated carbocycles. The monoisotopic (exact) mass is 302 g/mol. The summed E-state index contributed by atoms with van der Waals surface area (Å²) in [7, 11) is 4.16. The highest BCUT2D eigenvalue weighted by molar-refractivity contribution is 9.10. The Labute approximate surface area is 111 Å². The number of halogens is 2. The van der Waals surface area contributed by atoms with Gasteiger partial charge in [-0.1, -0.05) is 15.9 Å². The molecular weight excluding hydrogens is 283 g/mol. The standard InChI is InChI=1S/C13H20BrFN2/c1-17(2)8-4-3-7-16-10-11-9-12(15)5-6-13(11)14/h5-6,9,16H,3-4,7-8,10H2,1-2H3. The Morgan fingerprint density at radius 1 is 1.29 bits per heavy atom. The minimum atomic E-state index is -0.183. The molecule has 0 unspecified atom stereocenters. The van der Waals surface area contributed by atoms with Crippen LogP contribution in [0.3, 0.4) is 0 Å². The second-order valence-electron chi connectivity index (χ2n) is 4.42.